The van der Waals surface area contributed by atoms with Crippen molar-refractivity contribution in [2.24, 2.45) is 0 Å². The second-order valence-corrected chi connectivity index (χ2v) is 6.31. The summed E-state index contributed by atoms with van der Waals surface area (Å²) >= 11 is 5.81. The van der Waals surface area contributed by atoms with Gasteiger partial charge in [0.05, 0.1) is 11.1 Å². The van der Waals surface area contributed by atoms with Gasteiger partial charge in [-0.3, -0.25) is 4.79 Å². The topological polar surface area (TPSA) is 59.3 Å². The molecule has 0 aliphatic carbocycles. The van der Waals surface area contributed by atoms with Gasteiger partial charge in [0.1, 0.15) is 11.1 Å². The quantitative estimate of drug-likeness (QED) is 0.413. The van der Waals surface area contributed by atoms with E-state index < -0.39 is 46.3 Å². The highest BCUT2D eigenvalue weighted by atomic mass is 35.5. The number of carbonyl (C=O) groups excluding carboxylic acids is 1. The number of halogens is 7. The maximum Gasteiger partial charge on any atom is 0.416 e. The summed E-state index contributed by atoms with van der Waals surface area (Å²) in [4.78, 5) is 24.3. The van der Waals surface area contributed by atoms with Crippen molar-refractivity contribution in [3.8, 4) is 0 Å². The van der Waals surface area contributed by atoms with Crippen molar-refractivity contribution in [2.45, 2.75) is 12.4 Å². The molecule has 1 heterocycles. The van der Waals surface area contributed by atoms with Crippen LogP contribution in [0.1, 0.15) is 21.5 Å². The van der Waals surface area contributed by atoms with Gasteiger partial charge in [0.15, 0.2) is 0 Å². The second-order valence-electron chi connectivity index (χ2n) is 5.88. The van der Waals surface area contributed by atoms with Crippen LogP contribution in [0.25, 0.3) is 11.0 Å². The molecule has 3 rings (SSSR count). The standard InChI is InChI=1S/C18H8ClF6NO3/c19-11-1-2-14-8(3-11)4-13(16(28)29-14)15(27)26-12-6-9(17(20,21)22)5-10(7-12)18(23,24)25/h1-7H,(H,26,27). The number of anilines is 1. The molecule has 1 aromatic heterocycles. The molecular formula is C18H8ClF6NO3. The Labute approximate surface area is 162 Å². The van der Waals surface area contributed by atoms with Gasteiger partial charge >= 0.3 is 18.0 Å². The first kappa shape index (κ1) is 20.7. The highest BCUT2D eigenvalue weighted by Crippen LogP contribution is 2.37. The Kier molecular flexibility index (Phi) is 5.08. The molecule has 0 saturated heterocycles. The molecule has 3 aromatic rings. The Morgan fingerprint density at radius 3 is 2.03 bits per heavy atom. The smallest absolute Gasteiger partial charge is 0.416 e. The van der Waals surface area contributed by atoms with E-state index >= 15 is 0 Å². The first-order valence-corrected chi connectivity index (χ1v) is 8.06. The van der Waals surface area contributed by atoms with E-state index in [1.165, 1.54) is 18.2 Å². The van der Waals surface area contributed by atoms with Crippen LogP contribution in [0.5, 0.6) is 0 Å². The Morgan fingerprint density at radius 2 is 1.48 bits per heavy atom. The summed E-state index contributed by atoms with van der Waals surface area (Å²) in [6, 6.07) is 5.79. The zero-order valence-electron chi connectivity index (χ0n) is 13.9. The highest BCUT2D eigenvalue weighted by Gasteiger charge is 2.37. The zero-order chi connectivity index (χ0) is 21.6. The third-order valence-electron chi connectivity index (χ3n) is 3.78. The summed E-state index contributed by atoms with van der Waals surface area (Å²) in [5, 5.41) is 2.36. The Bertz CT molecular complexity index is 1130. The molecule has 11 heteroatoms. The van der Waals surface area contributed by atoms with Gasteiger partial charge in [-0.2, -0.15) is 26.3 Å². The van der Waals surface area contributed by atoms with E-state index in [1.54, 1.807) is 0 Å². The number of amides is 1. The molecule has 0 spiro atoms. The minimum atomic E-state index is -5.08. The van der Waals surface area contributed by atoms with Crippen LogP contribution in [-0.2, 0) is 12.4 Å². The molecule has 0 atom stereocenters. The first-order valence-electron chi connectivity index (χ1n) is 7.69. The number of nitrogens with one attached hydrogen (secondary N) is 1. The predicted octanol–water partition coefficient (Wildman–Crippen LogP) is 5.74. The van der Waals surface area contributed by atoms with Gasteiger partial charge in [-0.25, -0.2) is 4.79 Å². The molecule has 0 saturated carbocycles. The fraction of sp³-hybridized carbons (Fsp3) is 0.111. The Morgan fingerprint density at radius 1 is 0.897 bits per heavy atom. The number of hydrogen-bond acceptors (Lipinski definition) is 3. The molecule has 1 N–H and O–H groups in total. The summed E-state index contributed by atoms with van der Waals surface area (Å²) in [6.07, 6.45) is -10.2. The molecule has 0 bridgehead atoms. The lowest BCUT2D eigenvalue weighted by molar-refractivity contribution is -0.143. The van der Waals surface area contributed by atoms with Crippen LogP contribution in [-0.4, -0.2) is 5.91 Å². The second kappa shape index (κ2) is 7.11. The zero-order valence-corrected chi connectivity index (χ0v) is 14.7. The van der Waals surface area contributed by atoms with Gasteiger partial charge in [0, 0.05) is 16.1 Å². The lowest BCUT2D eigenvalue weighted by atomic mass is 10.1. The number of benzene rings is 2. The maximum atomic E-state index is 12.9. The lowest BCUT2D eigenvalue weighted by Crippen LogP contribution is -2.21. The maximum absolute atomic E-state index is 12.9. The Balaban J connectivity index is 2.03. The summed E-state index contributed by atoms with van der Waals surface area (Å²) in [5.74, 6) is -1.24. The van der Waals surface area contributed by atoms with Crippen molar-refractivity contribution >= 4 is 34.2 Å². The third-order valence-corrected chi connectivity index (χ3v) is 4.02. The van der Waals surface area contributed by atoms with Gasteiger partial charge in [-0.05, 0) is 42.5 Å². The minimum Gasteiger partial charge on any atom is -0.422 e. The van der Waals surface area contributed by atoms with Crippen LogP contribution >= 0.6 is 11.6 Å². The van der Waals surface area contributed by atoms with Crippen molar-refractivity contribution in [3.05, 3.63) is 74.6 Å². The monoisotopic (exact) mass is 435 g/mol. The van der Waals surface area contributed by atoms with E-state index in [-0.39, 0.29) is 22.1 Å². The van der Waals surface area contributed by atoms with Crippen molar-refractivity contribution in [3.63, 3.8) is 0 Å². The van der Waals surface area contributed by atoms with E-state index in [0.717, 1.165) is 6.07 Å². The third kappa shape index (κ3) is 4.53. The molecule has 0 unspecified atom stereocenters. The molecular weight excluding hydrogens is 428 g/mol. The highest BCUT2D eigenvalue weighted by molar-refractivity contribution is 6.31. The van der Waals surface area contributed by atoms with Crippen molar-refractivity contribution in [2.75, 3.05) is 5.32 Å². The lowest BCUT2D eigenvalue weighted by Gasteiger charge is -2.14. The number of carbonyl (C=O) groups is 1. The molecule has 0 radical (unpaired) electrons. The van der Waals surface area contributed by atoms with Crippen molar-refractivity contribution < 1.29 is 35.6 Å². The van der Waals surface area contributed by atoms with E-state index in [0.29, 0.717) is 12.1 Å². The van der Waals surface area contributed by atoms with Gasteiger partial charge in [0.2, 0.25) is 0 Å². The molecule has 2 aromatic carbocycles. The molecule has 4 nitrogen and oxygen atoms in total. The van der Waals surface area contributed by atoms with Gasteiger partial charge < -0.3 is 9.73 Å². The normalized spacial score (nSPS) is 12.2. The molecule has 0 aliphatic rings. The van der Waals surface area contributed by atoms with E-state index in [4.69, 9.17) is 16.0 Å². The summed E-state index contributed by atoms with van der Waals surface area (Å²) in [7, 11) is 0. The van der Waals surface area contributed by atoms with Crippen LogP contribution in [0.2, 0.25) is 5.02 Å². The van der Waals surface area contributed by atoms with Gasteiger partial charge in [-0.15, -0.1) is 0 Å². The van der Waals surface area contributed by atoms with Gasteiger partial charge in [0.25, 0.3) is 5.91 Å². The fourth-order valence-electron chi connectivity index (χ4n) is 2.48. The van der Waals surface area contributed by atoms with Crippen LogP contribution in [0, 0.1) is 0 Å². The van der Waals surface area contributed by atoms with Crippen LogP contribution < -0.4 is 10.9 Å². The Hall–Kier alpha value is -3.01. The SMILES string of the molecule is O=C(Nc1cc(C(F)(F)F)cc(C(F)(F)F)c1)c1cc2cc(Cl)ccc2oc1=O. The average molecular weight is 436 g/mol. The predicted molar refractivity (Wildman–Crippen MR) is 91.9 cm³/mol. The number of alkyl halides is 6. The largest absolute Gasteiger partial charge is 0.422 e. The van der Waals surface area contributed by atoms with Gasteiger partial charge in [-0.1, -0.05) is 11.6 Å². The van der Waals surface area contributed by atoms with E-state index in [9.17, 15) is 35.9 Å². The van der Waals surface area contributed by atoms with Crippen LogP contribution in [0.3, 0.4) is 0 Å². The average Bonchev–Trinajstić information content (AvgIpc) is 2.59. The summed E-state index contributed by atoms with van der Waals surface area (Å²) < 4.78 is 82.4. The number of fused-ring (bicyclic) bond motifs is 1. The molecule has 152 valence electrons. The molecule has 1 amide bonds. The fourth-order valence-corrected chi connectivity index (χ4v) is 2.66. The molecule has 0 fully saturated rings. The van der Waals surface area contributed by atoms with Crippen molar-refractivity contribution in [1.29, 1.82) is 0 Å². The number of rotatable bonds is 2. The van der Waals surface area contributed by atoms with Crippen molar-refractivity contribution in [1.82, 2.24) is 0 Å². The first-order chi connectivity index (χ1) is 13.3. The number of hydrogen-bond donors (Lipinski definition) is 1. The van der Waals surface area contributed by atoms with E-state index in [2.05, 4.69) is 0 Å². The van der Waals surface area contributed by atoms with Crippen LogP contribution in [0.4, 0.5) is 32.0 Å². The van der Waals surface area contributed by atoms with Crippen LogP contribution in [0.15, 0.2) is 51.7 Å². The van der Waals surface area contributed by atoms with E-state index in [1.807, 2.05) is 5.32 Å². The molecule has 0 aliphatic heterocycles. The summed E-state index contributed by atoms with van der Waals surface area (Å²) in [5.41, 5.74) is -5.66. The summed E-state index contributed by atoms with van der Waals surface area (Å²) in [6.45, 7) is 0. The molecule has 29 heavy (non-hydrogen) atoms. The minimum absolute atomic E-state index is 0.0813.